The Morgan fingerprint density at radius 1 is 1.67 bits per heavy atom. The van der Waals surface area contributed by atoms with Crippen molar-refractivity contribution in [3.05, 3.63) is 29.6 Å². The molecule has 0 spiro atoms. The number of nitrogens with two attached hydrogens (primary N) is 1. The van der Waals surface area contributed by atoms with E-state index >= 15 is 0 Å². The Hall–Kier alpha value is -1.86. The number of rotatable bonds is 2. The summed E-state index contributed by atoms with van der Waals surface area (Å²) in [5, 5.41) is 2.98. The Kier molecular flexibility index (Phi) is 3.35. The first kappa shape index (κ1) is 12.6. The van der Waals surface area contributed by atoms with Crippen molar-refractivity contribution in [3.63, 3.8) is 0 Å². The quantitative estimate of drug-likeness (QED) is 0.759. The lowest BCUT2D eigenvalue weighted by Crippen LogP contribution is -2.29. The molecule has 1 unspecified atom stereocenters. The summed E-state index contributed by atoms with van der Waals surface area (Å²) in [6.07, 6.45) is 2.61. The minimum absolute atomic E-state index is 0.160. The van der Waals surface area contributed by atoms with Crippen molar-refractivity contribution in [1.29, 1.82) is 0 Å². The Morgan fingerprint density at radius 3 is 3.00 bits per heavy atom. The van der Waals surface area contributed by atoms with Crippen LogP contribution in [0.4, 0.5) is 0 Å². The van der Waals surface area contributed by atoms with Crippen LogP contribution >= 0.6 is 0 Å². The standard InChI is InChI=1S/C14H17N3O/c1-14(2)9-11(14)17-13(18)12-10(5-3-7-15)6-4-8-16-12/h4,6,8,11H,7,9,15H2,1-2H3,(H,17,18). The van der Waals surface area contributed by atoms with E-state index < -0.39 is 0 Å². The first-order chi connectivity index (χ1) is 8.54. The van der Waals surface area contributed by atoms with Gasteiger partial charge in [-0.25, -0.2) is 4.98 Å². The molecule has 1 aliphatic rings. The van der Waals surface area contributed by atoms with E-state index in [9.17, 15) is 4.79 Å². The summed E-state index contributed by atoms with van der Waals surface area (Å²) >= 11 is 0. The zero-order chi connectivity index (χ0) is 13.2. The summed E-state index contributed by atoms with van der Waals surface area (Å²) in [5.74, 6) is 5.45. The van der Waals surface area contributed by atoms with Crippen LogP contribution in [0.25, 0.3) is 0 Å². The minimum Gasteiger partial charge on any atom is -0.347 e. The lowest BCUT2D eigenvalue weighted by molar-refractivity contribution is 0.0941. The molecule has 1 aliphatic carbocycles. The highest BCUT2D eigenvalue weighted by molar-refractivity contribution is 5.95. The number of hydrogen-bond donors (Lipinski definition) is 2. The van der Waals surface area contributed by atoms with E-state index in [-0.39, 0.29) is 23.9 Å². The molecule has 18 heavy (non-hydrogen) atoms. The lowest BCUT2D eigenvalue weighted by Gasteiger charge is -2.07. The van der Waals surface area contributed by atoms with Gasteiger partial charge < -0.3 is 11.1 Å². The summed E-state index contributed by atoms with van der Waals surface area (Å²) in [7, 11) is 0. The third-order valence-corrected chi connectivity index (χ3v) is 3.17. The van der Waals surface area contributed by atoms with Gasteiger partial charge in [0.25, 0.3) is 5.91 Å². The van der Waals surface area contributed by atoms with E-state index in [4.69, 9.17) is 5.73 Å². The van der Waals surface area contributed by atoms with Crippen molar-refractivity contribution >= 4 is 5.91 Å². The van der Waals surface area contributed by atoms with E-state index in [0.717, 1.165) is 6.42 Å². The Bertz CT molecular complexity index is 525. The van der Waals surface area contributed by atoms with Crippen LogP contribution in [0.15, 0.2) is 18.3 Å². The maximum atomic E-state index is 12.1. The average molecular weight is 243 g/mol. The van der Waals surface area contributed by atoms with Gasteiger partial charge in [0.05, 0.1) is 12.1 Å². The summed E-state index contributed by atoms with van der Waals surface area (Å²) in [5.41, 5.74) is 6.54. The number of hydrogen-bond acceptors (Lipinski definition) is 3. The van der Waals surface area contributed by atoms with E-state index in [2.05, 4.69) is 36.0 Å². The molecule has 1 atom stereocenters. The average Bonchev–Trinajstić information content (AvgIpc) is 2.94. The molecule has 0 saturated heterocycles. The third kappa shape index (κ3) is 2.69. The molecule has 1 fully saturated rings. The van der Waals surface area contributed by atoms with E-state index in [1.165, 1.54) is 0 Å². The van der Waals surface area contributed by atoms with Crippen LogP contribution in [0.1, 0.15) is 36.3 Å². The first-order valence-electron chi connectivity index (χ1n) is 5.99. The van der Waals surface area contributed by atoms with E-state index in [1.807, 2.05) is 0 Å². The molecule has 1 saturated carbocycles. The summed E-state index contributed by atoms with van der Waals surface area (Å²) in [4.78, 5) is 16.2. The summed E-state index contributed by atoms with van der Waals surface area (Å²) < 4.78 is 0. The maximum Gasteiger partial charge on any atom is 0.271 e. The van der Waals surface area contributed by atoms with Crippen molar-refractivity contribution < 1.29 is 4.79 Å². The van der Waals surface area contributed by atoms with Crippen molar-refractivity contribution in [2.24, 2.45) is 11.1 Å². The van der Waals surface area contributed by atoms with Gasteiger partial charge in [-0.3, -0.25) is 4.79 Å². The number of nitrogens with one attached hydrogen (secondary N) is 1. The fourth-order valence-corrected chi connectivity index (χ4v) is 1.77. The second-order valence-corrected chi connectivity index (χ2v) is 5.12. The van der Waals surface area contributed by atoms with Crippen LogP contribution in [0.2, 0.25) is 0 Å². The van der Waals surface area contributed by atoms with Crippen molar-refractivity contribution in [3.8, 4) is 11.8 Å². The number of aromatic nitrogens is 1. The molecule has 0 aliphatic heterocycles. The van der Waals surface area contributed by atoms with Gasteiger partial charge in [-0.2, -0.15) is 0 Å². The second kappa shape index (κ2) is 4.79. The fraction of sp³-hybridized carbons (Fsp3) is 0.429. The number of carbonyl (C=O) groups excluding carboxylic acids is 1. The molecule has 0 radical (unpaired) electrons. The molecule has 1 aromatic heterocycles. The predicted molar refractivity (Wildman–Crippen MR) is 69.8 cm³/mol. The fourth-order valence-electron chi connectivity index (χ4n) is 1.77. The second-order valence-electron chi connectivity index (χ2n) is 5.12. The number of amides is 1. The SMILES string of the molecule is CC1(C)CC1NC(=O)c1ncccc1C#CCN. The summed E-state index contributed by atoms with van der Waals surface area (Å²) in [6.45, 7) is 4.53. The third-order valence-electron chi connectivity index (χ3n) is 3.17. The lowest BCUT2D eigenvalue weighted by atomic mass is 10.1. The van der Waals surface area contributed by atoms with Gasteiger partial charge in [0.15, 0.2) is 0 Å². The van der Waals surface area contributed by atoms with Gasteiger partial charge in [-0.1, -0.05) is 25.7 Å². The monoisotopic (exact) mass is 243 g/mol. The Morgan fingerprint density at radius 2 is 2.39 bits per heavy atom. The molecule has 1 aromatic rings. The molecular weight excluding hydrogens is 226 g/mol. The van der Waals surface area contributed by atoms with Gasteiger partial charge >= 0.3 is 0 Å². The molecule has 94 valence electrons. The van der Waals surface area contributed by atoms with E-state index in [0.29, 0.717) is 11.3 Å². The van der Waals surface area contributed by atoms with Gasteiger partial charge in [-0.05, 0) is 24.0 Å². The topological polar surface area (TPSA) is 68.0 Å². The van der Waals surface area contributed by atoms with Gasteiger partial charge in [0, 0.05) is 12.2 Å². The molecule has 3 N–H and O–H groups in total. The van der Waals surface area contributed by atoms with E-state index in [1.54, 1.807) is 18.3 Å². The maximum absolute atomic E-state index is 12.1. The zero-order valence-corrected chi connectivity index (χ0v) is 10.7. The highest BCUT2D eigenvalue weighted by Gasteiger charge is 2.46. The molecule has 0 bridgehead atoms. The number of nitrogens with zero attached hydrogens (tertiary/aromatic N) is 1. The zero-order valence-electron chi connectivity index (χ0n) is 10.7. The highest BCUT2D eigenvalue weighted by Crippen LogP contribution is 2.44. The Labute approximate surface area is 107 Å². The van der Waals surface area contributed by atoms with Crippen LogP contribution in [0, 0.1) is 17.3 Å². The van der Waals surface area contributed by atoms with Crippen LogP contribution in [-0.4, -0.2) is 23.5 Å². The van der Waals surface area contributed by atoms with Crippen molar-refractivity contribution in [2.45, 2.75) is 26.3 Å². The van der Waals surface area contributed by atoms with Crippen LogP contribution in [0.3, 0.4) is 0 Å². The smallest absolute Gasteiger partial charge is 0.271 e. The normalized spacial score (nSPS) is 19.6. The number of pyridine rings is 1. The largest absolute Gasteiger partial charge is 0.347 e. The highest BCUT2D eigenvalue weighted by atomic mass is 16.2. The predicted octanol–water partition coefficient (Wildman–Crippen LogP) is 0.920. The van der Waals surface area contributed by atoms with Gasteiger partial charge in [0.1, 0.15) is 5.69 Å². The molecule has 1 heterocycles. The van der Waals surface area contributed by atoms with Crippen LogP contribution in [-0.2, 0) is 0 Å². The molecule has 1 amide bonds. The minimum atomic E-state index is -0.160. The first-order valence-corrected chi connectivity index (χ1v) is 5.99. The molecule has 2 rings (SSSR count). The molecular formula is C14H17N3O. The molecule has 4 nitrogen and oxygen atoms in total. The Balaban J connectivity index is 2.15. The molecule has 0 aromatic carbocycles. The van der Waals surface area contributed by atoms with Crippen molar-refractivity contribution in [2.75, 3.05) is 6.54 Å². The summed E-state index contributed by atoms with van der Waals surface area (Å²) in [6, 6.07) is 3.78. The molecule has 4 heteroatoms. The van der Waals surface area contributed by atoms with Gasteiger partial charge in [-0.15, -0.1) is 0 Å². The van der Waals surface area contributed by atoms with Crippen molar-refractivity contribution in [1.82, 2.24) is 10.3 Å². The van der Waals surface area contributed by atoms with Gasteiger partial charge in [0.2, 0.25) is 0 Å². The number of carbonyl (C=O) groups is 1. The van der Waals surface area contributed by atoms with Crippen LogP contribution in [0.5, 0.6) is 0 Å². The van der Waals surface area contributed by atoms with Crippen LogP contribution < -0.4 is 11.1 Å².